The van der Waals surface area contributed by atoms with E-state index in [1.54, 1.807) is 25.1 Å². The molecule has 1 aromatic heterocycles. The summed E-state index contributed by atoms with van der Waals surface area (Å²) < 4.78 is 56.3. The highest BCUT2D eigenvalue weighted by Crippen LogP contribution is 2.45. The maximum atomic E-state index is 13.5. The van der Waals surface area contributed by atoms with Gasteiger partial charge in [0.25, 0.3) is 0 Å². The molecule has 2 aromatic carbocycles. The van der Waals surface area contributed by atoms with E-state index in [0.717, 1.165) is 22.5 Å². The summed E-state index contributed by atoms with van der Waals surface area (Å²) in [7, 11) is 0. The fourth-order valence-electron chi connectivity index (χ4n) is 3.56. The third kappa shape index (κ3) is 3.35. The summed E-state index contributed by atoms with van der Waals surface area (Å²) in [4.78, 5) is 6.29. The molecule has 146 valence electrons. The van der Waals surface area contributed by atoms with Crippen molar-refractivity contribution in [2.45, 2.75) is 19.5 Å². The molecule has 3 nitrogen and oxygen atoms in total. The molecule has 0 fully saturated rings. The van der Waals surface area contributed by atoms with Gasteiger partial charge in [0.2, 0.25) is 0 Å². The smallest absolute Gasteiger partial charge is 0.422 e. The first kappa shape index (κ1) is 18.8. The minimum Gasteiger partial charge on any atom is -0.482 e. The third-order valence-corrected chi connectivity index (χ3v) is 5.01. The molecule has 0 atom stereocenters. The van der Waals surface area contributed by atoms with Crippen molar-refractivity contribution < 1.29 is 22.3 Å². The van der Waals surface area contributed by atoms with Gasteiger partial charge in [0, 0.05) is 23.2 Å². The van der Waals surface area contributed by atoms with Crippen LogP contribution in [0.25, 0.3) is 10.9 Å². The van der Waals surface area contributed by atoms with Crippen LogP contribution in [0.1, 0.15) is 11.1 Å². The van der Waals surface area contributed by atoms with Gasteiger partial charge in [-0.1, -0.05) is 23.7 Å². The first-order valence-electron chi connectivity index (χ1n) is 8.59. The molecular formula is C20H15ClF4N2O. The van der Waals surface area contributed by atoms with Crippen LogP contribution in [0.15, 0.2) is 36.4 Å². The Morgan fingerprint density at radius 2 is 2.00 bits per heavy atom. The lowest BCUT2D eigenvalue weighted by Crippen LogP contribution is -2.19. The van der Waals surface area contributed by atoms with E-state index >= 15 is 0 Å². The summed E-state index contributed by atoms with van der Waals surface area (Å²) in [5, 5.41) is 0.869. The van der Waals surface area contributed by atoms with Gasteiger partial charge in [-0.25, -0.2) is 9.37 Å². The molecular weight excluding hydrogens is 396 g/mol. The fraction of sp³-hybridized carbons (Fsp3) is 0.250. The standard InChI is InChI=1S/C20H15ClF4N2O/c1-11-9-12(22)5-6-15(11)27-8-7-14-18(27)13-3-2-4-16(17(13)26-19(14)21)28-10-20(23,24)25/h2-6,9H,7-8,10H2,1H3. The van der Waals surface area contributed by atoms with Gasteiger partial charge in [-0.15, -0.1) is 0 Å². The molecule has 4 rings (SSSR count). The Bertz CT molecular complexity index is 1070. The van der Waals surface area contributed by atoms with Gasteiger partial charge >= 0.3 is 6.18 Å². The van der Waals surface area contributed by atoms with Crippen LogP contribution in [0.3, 0.4) is 0 Å². The number of para-hydroxylation sites is 1. The SMILES string of the molecule is Cc1cc(F)ccc1N1CCc2c(Cl)nc3c(OCC(F)(F)F)cccc3c21. The highest BCUT2D eigenvalue weighted by molar-refractivity contribution is 6.31. The molecule has 0 aliphatic carbocycles. The molecule has 0 spiro atoms. The summed E-state index contributed by atoms with van der Waals surface area (Å²) in [6.07, 6.45) is -3.83. The van der Waals surface area contributed by atoms with Gasteiger partial charge in [-0.05, 0) is 43.2 Å². The number of hydrogen-bond donors (Lipinski definition) is 0. The molecule has 2 heterocycles. The molecule has 0 N–H and O–H groups in total. The number of rotatable bonds is 3. The van der Waals surface area contributed by atoms with E-state index in [4.69, 9.17) is 16.3 Å². The highest BCUT2D eigenvalue weighted by atomic mass is 35.5. The molecule has 1 aliphatic heterocycles. The first-order chi connectivity index (χ1) is 13.2. The van der Waals surface area contributed by atoms with E-state index in [2.05, 4.69) is 4.98 Å². The Kier molecular flexibility index (Phi) is 4.57. The normalized spacial score (nSPS) is 13.9. The lowest BCUT2D eigenvalue weighted by molar-refractivity contribution is -0.153. The van der Waals surface area contributed by atoms with E-state index in [-0.39, 0.29) is 22.2 Å². The molecule has 0 radical (unpaired) electrons. The van der Waals surface area contributed by atoms with Crippen LogP contribution >= 0.6 is 11.6 Å². The second-order valence-electron chi connectivity index (χ2n) is 6.62. The number of pyridine rings is 1. The topological polar surface area (TPSA) is 25.4 Å². The molecule has 8 heteroatoms. The monoisotopic (exact) mass is 410 g/mol. The van der Waals surface area contributed by atoms with Crippen molar-refractivity contribution in [3.8, 4) is 5.75 Å². The zero-order valence-corrected chi connectivity index (χ0v) is 15.5. The Hall–Kier alpha value is -2.54. The number of aryl methyl sites for hydroxylation is 1. The Balaban J connectivity index is 1.87. The van der Waals surface area contributed by atoms with Gasteiger partial charge in [-0.3, -0.25) is 0 Å². The van der Waals surface area contributed by atoms with Crippen LogP contribution in [0.2, 0.25) is 5.15 Å². The van der Waals surface area contributed by atoms with Crippen LogP contribution < -0.4 is 9.64 Å². The number of hydrogen-bond acceptors (Lipinski definition) is 3. The van der Waals surface area contributed by atoms with Crippen molar-refractivity contribution in [3.05, 3.63) is 58.5 Å². The van der Waals surface area contributed by atoms with Crippen LogP contribution in [0.5, 0.6) is 5.75 Å². The number of halogens is 5. The molecule has 0 saturated carbocycles. The first-order valence-corrected chi connectivity index (χ1v) is 8.97. The lowest BCUT2D eigenvalue weighted by Gasteiger charge is -2.23. The summed E-state index contributed by atoms with van der Waals surface area (Å²) in [6.45, 7) is 0.999. The predicted octanol–water partition coefficient (Wildman–Crippen LogP) is 5.97. The zero-order chi connectivity index (χ0) is 20.1. The van der Waals surface area contributed by atoms with Crippen molar-refractivity contribution in [1.29, 1.82) is 0 Å². The number of aromatic nitrogens is 1. The second-order valence-corrected chi connectivity index (χ2v) is 6.98. The van der Waals surface area contributed by atoms with Gasteiger partial charge in [-0.2, -0.15) is 13.2 Å². The van der Waals surface area contributed by atoms with Crippen molar-refractivity contribution >= 4 is 33.9 Å². The van der Waals surface area contributed by atoms with Crippen LogP contribution in [0, 0.1) is 12.7 Å². The van der Waals surface area contributed by atoms with Gasteiger partial charge in [0.05, 0.1) is 5.69 Å². The van der Waals surface area contributed by atoms with E-state index < -0.39 is 12.8 Å². The number of nitrogens with zero attached hydrogens (tertiary/aromatic N) is 2. The van der Waals surface area contributed by atoms with Crippen molar-refractivity contribution in [1.82, 2.24) is 4.98 Å². The van der Waals surface area contributed by atoms with Gasteiger partial charge in [0.1, 0.15) is 22.2 Å². The summed E-state index contributed by atoms with van der Waals surface area (Å²) in [5.41, 5.74) is 3.40. The Morgan fingerprint density at radius 1 is 1.21 bits per heavy atom. The molecule has 0 bridgehead atoms. The number of fused-ring (bicyclic) bond motifs is 3. The largest absolute Gasteiger partial charge is 0.482 e. The molecule has 0 saturated heterocycles. The van der Waals surface area contributed by atoms with Crippen LogP contribution in [-0.2, 0) is 6.42 Å². The number of anilines is 2. The van der Waals surface area contributed by atoms with E-state index in [0.29, 0.717) is 18.4 Å². The highest BCUT2D eigenvalue weighted by Gasteiger charge is 2.31. The maximum Gasteiger partial charge on any atom is 0.422 e. The van der Waals surface area contributed by atoms with Crippen molar-refractivity contribution in [3.63, 3.8) is 0 Å². The minimum atomic E-state index is -4.46. The summed E-state index contributed by atoms with van der Waals surface area (Å²) in [6, 6.07) is 9.34. The van der Waals surface area contributed by atoms with Crippen molar-refractivity contribution in [2.75, 3.05) is 18.1 Å². The van der Waals surface area contributed by atoms with E-state index in [1.807, 2.05) is 4.90 Å². The minimum absolute atomic E-state index is 0.0159. The Labute approximate surface area is 163 Å². The van der Waals surface area contributed by atoms with E-state index in [1.165, 1.54) is 18.2 Å². The number of ether oxygens (including phenoxy) is 1. The molecule has 0 amide bonds. The average Bonchev–Trinajstić information content (AvgIpc) is 3.05. The number of alkyl halides is 3. The zero-order valence-electron chi connectivity index (χ0n) is 14.8. The summed E-state index contributed by atoms with van der Waals surface area (Å²) >= 11 is 6.35. The Morgan fingerprint density at radius 3 is 2.71 bits per heavy atom. The number of benzene rings is 2. The predicted molar refractivity (Wildman–Crippen MR) is 100 cm³/mol. The fourth-order valence-corrected chi connectivity index (χ4v) is 3.83. The molecule has 0 unspecified atom stereocenters. The molecule has 3 aromatic rings. The summed E-state index contributed by atoms with van der Waals surface area (Å²) in [5.74, 6) is -0.316. The second kappa shape index (κ2) is 6.81. The van der Waals surface area contributed by atoms with Gasteiger partial charge in [0.15, 0.2) is 6.61 Å². The quantitative estimate of drug-likeness (QED) is 0.393. The lowest BCUT2D eigenvalue weighted by atomic mass is 10.1. The maximum absolute atomic E-state index is 13.5. The van der Waals surface area contributed by atoms with Crippen molar-refractivity contribution in [2.24, 2.45) is 0 Å². The molecule has 28 heavy (non-hydrogen) atoms. The third-order valence-electron chi connectivity index (χ3n) is 4.70. The van der Waals surface area contributed by atoms with Gasteiger partial charge < -0.3 is 9.64 Å². The van der Waals surface area contributed by atoms with Crippen LogP contribution in [0.4, 0.5) is 28.9 Å². The molecule has 1 aliphatic rings. The van der Waals surface area contributed by atoms with E-state index in [9.17, 15) is 17.6 Å². The van der Waals surface area contributed by atoms with Crippen LogP contribution in [-0.4, -0.2) is 24.3 Å². The average molecular weight is 411 g/mol.